The Morgan fingerprint density at radius 2 is 1.97 bits per heavy atom. The highest BCUT2D eigenvalue weighted by molar-refractivity contribution is 9.10. The van der Waals surface area contributed by atoms with Gasteiger partial charge in [-0.15, -0.1) is 0 Å². The molecular formula is C22H25BrN2O4. The first-order valence-electron chi connectivity index (χ1n) is 9.70. The number of hydrogen-bond donors (Lipinski definition) is 2. The van der Waals surface area contributed by atoms with Gasteiger partial charge >= 0.3 is 0 Å². The third kappa shape index (κ3) is 6.05. The molecule has 29 heavy (non-hydrogen) atoms. The predicted octanol–water partition coefficient (Wildman–Crippen LogP) is 4.40. The summed E-state index contributed by atoms with van der Waals surface area (Å²) in [6.45, 7) is 5.13. The van der Waals surface area contributed by atoms with Gasteiger partial charge in [-0.25, -0.2) is 0 Å². The van der Waals surface area contributed by atoms with Crippen molar-refractivity contribution >= 4 is 33.4 Å². The molecule has 0 aromatic heterocycles. The summed E-state index contributed by atoms with van der Waals surface area (Å²) in [5, 5.41) is 5.72. The molecule has 1 aliphatic rings. The molecule has 1 unspecified atom stereocenters. The van der Waals surface area contributed by atoms with Crippen molar-refractivity contribution in [2.24, 2.45) is 0 Å². The minimum absolute atomic E-state index is 0.0418. The molecule has 1 fully saturated rings. The van der Waals surface area contributed by atoms with Crippen molar-refractivity contribution in [1.29, 1.82) is 0 Å². The third-order valence-corrected chi connectivity index (χ3v) is 5.07. The maximum atomic E-state index is 12.6. The minimum atomic E-state index is -0.265. The number of ether oxygens (including phenoxy) is 2. The van der Waals surface area contributed by atoms with Gasteiger partial charge in [0.05, 0.1) is 16.7 Å². The molecule has 2 aromatic carbocycles. The van der Waals surface area contributed by atoms with Gasteiger partial charge in [0.2, 0.25) is 0 Å². The van der Waals surface area contributed by atoms with Crippen molar-refractivity contribution in [1.82, 2.24) is 5.32 Å². The molecule has 0 spiro atoms. The lowest BCUT2D eigenvalue weighted by molar-refractivity contribution is 0.0857. The molecule has 1 aliphatic heterocycles. The topological polar surface area (TPSA) is 76.7 Å². The van der Waals surface area contributed by atoms with Gasteiger partial charge in [-0.3, -0.25) is 9.59 Å². The number of anilines is 1. The average molecular weight is 461 g/mol. The lowest BCUT2D eigenvalue weighted by atomic mass is 10.1. The minimum Gasteiger partial charge on any atom is -0.490 e. The van der Waals surface area contributed by atoms with E-state index in [4.69, 9.17) is 9.47 Å². The van der Waals surface area contributed by atoms with E-state index in [1.54, 1.807) is 42.5 Å². The molecule has 1 saturated heterocycles. The van der Waals surface area contributed by atoms with Crippen LogP contribution >= 0.6 is 15.9 Å². The van der Waals surface area contributed by atoms with Gasteiger partial charge in [-0.05, 0) is 79.0 Å². The summed E-state index contributed by atoms with van der Waals surface area (Å²) in [7, 11) is 0. The monoisotopic (exact) mass is 460 g/mol. The van der Waals surface area contributed by atoms with Crippen LogP contribution in [0.2, 0.25) is 0 Å². The number of halogens is 1. The highest BCUT2D eigenvalue weighted by atomic mass is 79.9. The van der Waals surface area contributed by atoms with Gasteiger partial charge in [-0.1, -0.05) is 6.07 Å². The zero-order chi connectivity index (χ0) is 20.8. The third-order valence-electron chi connectivity index (χ3n) is 4.45. The van der Waals surface area contributed by atoms with Crippen molar-refractivity contribution in [3.05, 3.63) is 58.1 Å². The van der Waals surface area contributed by atoms with Crippen LogP contribution in [0, 0.1) is 0 Å². The fourth-order valence-corrected chi connectivity index (χ4v) is 3.52. The number of amides is 2. The van der Waals surface area contributed by atoms with Gasteiger partial charge in [0.1, 0.15) is 5.75 Å². The Morgan fingerprint density at radius 1 is 1.17 bits per heavy atom. The van der Waals surface area contributed by atoms with E-state index in [9.17, 15) is 9.59 Å². The fourth-order valence-electron chi connectivity index (χ4n) is 3.05. The first-order chi connectivity index (χ1) is 13.9. The lowest BCUT2D eigenvalue weighted by Crippen LogP contribution is -2.31. The van der Waals surface area contributed by atoms with Crippen LogP contribution in [0.5, 0.6) is 5.75 Å². The van der Waals surface area contributed by atoms with Crippen LogP contribution in [0.3, 0.4) is 0 Å². The Bertz CT molecular complexity index is 879. The number of hydrogen-bond acceptors (Lipinski definition) is 4. The fraction of sp³-hybridized carbons (Fsp3) is 0.364. The molecule has 6 nitrogen and oxygen atoms in total. The Hall–Kier alpha value is -2.38. The van der Waals surface area contributed by atoms with Crippen molar-refractivity contribution in [3.63, 3.8) is 0 Å². The second kappa shape index (κ2) is 9.89. The maximum Gasteiger partial charge on any atom is 0.255 e. The Balaban J connectivity index is 1.62. The predicted molar refractivity (Wildman–Crippen MR) is 116 cm³/mol. The molecule has 2 N–H and O–H groups in total. The summed E-state index contributed by atoms with van der Waals surface area (Å²) in [6.07, 6.45) is 2.12. The van der Waals surface area contributed by atoms with Crippen LogP contribution in [-0.4, -0.2) is 37.2 Å². The number of nitrogens with one attached hydrogen (secondary N) is 2. The molecule has 0 bridgehead atoms. The smallest absolute Gasteiger partial charge is 0.255 e. The van der Waals surface area contributed by atoms with E-state index in [-0.39, 0.29) is 24.0 Å². The van der Waals surface area contributed by atoms with Crippen molar-refractivity contribution in [3.8, 4) is 5.75 Å². The van der Waals surface area contributed by atoms with Crippen molar-refractivity contribution < 1.29 is 19.1 Å². The molecule has 1 atom stereocenters. The van der Waals surface area contributed by atoms with Crippen LogP contribution in [0.4, 0.5) is 5.69 Å². The normalized spacial score (nSPS) is 15.9. The van der Waals surface area contributed by atoms with E-state index in [1.165, 1.54) is 0 Å². The van der Waals surface area contributed by atoms with Crippen LogP contribution in [0.1, 0.15) is 47.4 Å². The highest BCUT2D eigenvalue weighted by Gasteiger charge is 2.17. The molecule has 154 valence electrons. The van der Waals surface area contributed by atoms with Gasteiger partial charge in [0.15, 0.2) is 0 Å². The number of rotatable bonds is 7. The lowest BCUT2D eigenvalue weighted by Gasteiger charge is -2.13. The van der Waals surface area contributed by atoms with E-state index < -0.39 is 0 Å². The molecule has 1 heterocycles. The van der Waals surface area contributed by atoms with E-state index >= 15 is 0 Å². The van der Waals surface area contributed by atoms with Crippen LogP contribution in [0.15, 0.2) is 46.9 Å². The molecule has 2 aromatic rings. The summed E-state index contributed by atoms with van der Waals surface area (Å²) in [5.41, 5.74) is 1.53. The Morgan fingerprint density at radius 3 is 2.66 bits per heavy atom. The highest BCUT2D eigenvalue weighted by Crippen LogP contribution is 2.27. The quantitative estimate of drug-likeness (QED) is 0.641. The summed E-state index contributed by atoms with van der Waals surface area (Å²) in [5.74, 6) is 0.231. The summed E-state index contributed by atoms with van der Waals surface area (Å²) in [6, 6.07) is 12.0. The van der Waals surface area contributed by atoms with Crippen molar-refractivity contribution in [2.75, 3.05) is 18.5 Å². The van der Waals surface area contributed by atoms with Gasteiger partial charge in [-0.2, -0.15) is 0 Å². The Labute approximate surface area is 179 Å². The summed E-state index contributed by atoms with van der Waals surface area (Å²) in [4.78, 5) is 25.0. The average Bonchev–Trinajstić information content (AvgIpc) is 3.21. The van der Waals surface area contributed by atoms with Crippen molar-refractivity contribution in [2.45, 2.75) is 38.9 Å². The molecule has 2 amide bonds. The number of carbonyl (C=O) groups excluding carboxylic acids is 2. The molecule has 3 rings (SSSR count). The number of benzene rings is 2. The van der Waals surface area contributed by atoms with E-state index in [0.717, 1.165) is 19.4 Å². The molecular weight excluding hydrogens is 436 g/mol. The maximum absolute atomic E-state index is 12.6. The Kier molecular flexibility index (Phi) is 7.28. The molecule has 0 radical (unpaired) electrons. The zero-order valence-electron chi connectivity index (χ0n) is 16.5. The first-order valence-corrected chi connectivity index (χ1v) is 10.5. The molecule has 7 heteroatoms. The summed E-state index contributed by atoms with van der Waals surface area (Å²) < 4.78 is 11.9. The van der Waals surface area contributed by atoms with Crippen LogP contribution in [-0.2, 0) is 4.74 Å². The van der Waals surface area contributed by atoms with Crippen LogP contribution in [0.25, 0.3) is 0 Å². The van der Waals surface area contributed by atoms with Gasteiger partial charge in [0.25, 0.3) is 11.8 Å². The van der Waals surface area contributed by atoms with Crippen LogP contribution < -0.4 is 15.4 Å². The van der Waals surface area contributed by atoms with E-state index in [1.807, 2.05) is 13.8 Å². The van der Waals surface area contributed by atoms with Gasteiger partial charge < -0.3 is 20.1 Å². The first kappa shape index (κ1) is 21.3. The number of carbonyl (C=O) groups is 2. The van der Waals surface area contributed by atoms with E-state index in [2.05, 4.69) is 26.6 Å². The second-order valence-corrected chi connectivity index (χ2v) is 8.05. The molecule has 0 saturated carbocycles. The standard InChI is InChI=1S/C22H25BrN2O4/c1-14(2)29-20-9-8-16(12-19(20)23)22(27)25-17-6-3-5-15(11-17)21(26)24-13-18-7-4-10-28-18/h3,5-6,8-9,11-12,14,18H,4,7,10,13H2,1-2H3,(H,24,26)(H,25,27). The SMILES string of the molecule is CC(C)Oc1ccc(C(=O)Nc2cccc(C(=O)NCC3CCCO3)c2)cc1Br. The summed E-state index contributed by atoms with van der Waals surface area (Å²) >= 11 is 3.44. The molecule has 0 aliphatic carbocycles. The second-order valence-electron chi connectivity index (χ2n) is 7.19. The zero-order valence-corrected chi connectivity index (χ0v) is 18.1. The van der Waals surface area contributed by atoms with Gasteiger partial charge in [0, 0.05) is 30.0 Å². The largest absolute Gasteiger partial charge is 0.490 e. The van der Waals surface area contributed by atoms with E-state index in [0.29, 0.717) is 33.6 Å².